The number of carbonyl (C=O) groups is 2. The third kappa shape index (κ3) is 3.50. The number of hydrogen-bond acceptors (Lipinski definition) is 4. The molecular weight excluding hydrogens is 361 g/mol. The van der Waals surface area contributed by atoms with Crippen molar-refractivity contribution in [3.8, 4) is 0 Å². The van der Waals surface area contributed by atoms with E-state index in [0.29, 0.717) is 21.9 Å². The molecule has 4 nitrogen and oxygen atoms in total. The molecule has 0 amide bonds. The maximum absolute atomic E-state index is 13.0. The quantitative estimate of drug-likeness (QED) is 0.368. The van der Waals surface area contributed by atoms with Crippen LogP contribution in [-0.4, -0.2) is 23.3 Å². The highest BCUT2D eigenvalue weighted by molar-refractivity contribution is 6.37. The van der Waals surface area contributed by atoms with Crippen LogP contribution in [0, 0.1) is 0 Å². The van der Waals surface area contributed by atoms with E-state index < -0.39 is 5.97 Å². The maximum Gasteiger partial charge on any atom is 0.338 e. The SMILES string of the molecule is CCOC(=O)c1cc(C(=O)c2ccccc2)c2cc(Cl)nc(Cl)c2c1. The molecule has 6 heteroatoms. The number of fused-ring (bicyclic) bond motifs is 1. The molecule has 0 N–H and O–H groups in total. The molecule has 0 saturated heterocycles. The first kappa shape index (κ1) is 17.4. The number of ketones is 1. The summed E-state index contributed by atoms with van der Waals surface area (Å²) in [6.45, 7) is 1.94. The fraction of sp³-hybridized carbons (Fsp3) is 0.105. The molecule has 0 unspecified atom stereocenters. The molecule has 0 saturated carbocycles. The minimum atomic E-state index is -0.530. The van der Waals surface area contributed by atoms with Crippen LogP contribution in [0.3, 0.4) is 0 Å². The van der Waals surface area contributed by atoms with Gasteiger partial charge < -0.3 is 4.74 Å². The fourth-order valence-corrected chi connectivity index (χ4v) is 3.03. The number of nitrogens with zero attached hydrogens (tertiary/aromatic N) is 1. The lowest BCUT2D eigenvalue weighted by Gasteiger charge is -2.11. The summed E-state index contributed by atoms with van der Waals surface area (Å²) in [5.41, 5.74) is 1.05. The number of rotatable bonds is 4. The van der Waals surface area contributed by atoms with Crippen molar-refractivity contribution in [3.05, 3.63) is 75.5 Å². The van der Waals surface area contributed by atoms with Crippen LogP contribution in [0.5, 0.6) is 0 Å². The van der Waals surface area contributed by atoms with Crippen molar-refractivity contribution in [1.29, 1.82) is 0 Å². The lowest BCUT2D eigenvalue weighted by molar-refractivity contribution is 0.0526. The Morgan fingerprint density at radius 1 is 1.00 bits per heavy atom. The number of ether oxygens (including phenoxy) is 1. The number of halogens is 2. The minimum Gasteiger partial charge on any atom is -0.462 e. The van der Waals surface area contributed by atoms with Gasteiger partial charge in [-0.1, -0.05) is 53.5 Å². The summed E-state index contributed by atoms with van der Waals surface area (Å²) in [6.07, 6.45) is 0. The van der Waals surface area contributed by atoms with Crippen LogP contribution in [0.4, 0.5) is 0 Å². The second-order valence-corrected chi connectivity index (χ2v) is 6.02. The molecule has 3 aromatic rings. The van der Waals surface area contributed by atoms with Gasteiger partial charge in [0.25, 0.3) is 0 Å². The normalized spacial score (nSPS) is 10.7. The standard InChI is InChI=1S/C19H13Cl2NO3/c1-2-25-19(24)12-8-14(17(23)11-6-4-3-5-7-11)13-10-16(20)22-18(21)15(13)9-12/h3-10H,2H2,1H3. The average molecular weight is 374 g/mol. The molecule has 0 aliphatic rings. The zero-order chi connectivity index (χ0) is 18.0. The monoisotopic (exact) mass is 373 g/mol. The Bertz CT molecular complexity index is 971. The van der Waals surface area contributed by atoms with E-state index in [1.807, 2.05) is 6.07 Å². The molecule has 0 bridgehead atoms. The van der Waals surface area contributed by atoms with Gasteiger partial charge in [0.05, 0.1) is 12.2 Å². The smallest absolute Gasteiger partial charge is 0.338 e. The summed E-state index contributed by atoms with van der Waals surface area (Å²) in [7, 11) is 0. The van der Waals surface area contributed by atoms with E-state index in [-0.39, 0.29) is 28.3 Å². The summed E-state index contributed by atoms with van der Waals surface area (Å²) in [6, 6.07) is 13.4. The van der Waals surface area contributed by atoms with Gasteiger partial charge in [0.2, 0.25) is 0 Å². The van der Waals surface area contributed by atoms with Crippen LogP contribution in [0.1, 0.15) is 33.2 Å². The van der Waals surface area contributed by atoms with Gasteiger partial charge in [-0.05, 0) is 30.5 Å². The van der Waals surface area contributed by atoms with E-state index in [1.54, 1.807) is 43.3 Å². The van der Waals surface area contributed by atoms with Crippen molar-refractivity contribution < 1.29 is 14.3 Å². The van der Waals surface area contributed by atoms with Crippen molar-refractivity contribution in [2.75, 3.05) is 6.61 Å². The lowest BCUT2D eigenvalue weighted by Crippen LogP contribution is -2.09. The summed E-state index contributed by atoms with van der Waals surface area (Å²) >= 11 is 12.2. The molecule has 0 radical (unpaired) electrons. The van der Waals surface area contributed by atoms with Crippen molar-refractivity contribution >= 4 is 45.7 Å². The molecule has 0 aliphatic heterocycles. The van der Waals surface area contributed by atoms with Gasteiger partial charge in [0.1, 0.15) is 10.3 Å². The molecule has 0 atom stereocenters. The first-order chi connectivity index (χ1) is 12.0. The molecule has 1 heterocycles. The molecular formula is C19H13Cl2NO3. The summed E-state index contributed by atoms with van der Waals surface area (Å²) in [4.78, 5) is 29.1. The Balaban J connectivity index is 2.27. The van der Waals surface area contributed by atoms with Crippen LogP contribution in [0.15, 0.2) is 48.5 Å². The van der Waals surface area contributed by atoms with E-state index >= 15 is 0 Å². The molecule has 3 rings (SSSR count). The van der Waals surface area contributed by atoms with Gasteiger partial charge in [0.15, 0.2) is 5.78 Å². The van der Waals surface area contributed by atoms with Crippen LogP contribution in [0.2, 0.25) is 10.3 Å². The van der Waals surface area contributed by atoms with Crippen molar-refractivity contribution in [1.82, 2.24) is 4.98 Å². The molecule has 0 spiro atoms. The second-order valence-electron chi connectivity index (χ2n) is 5.27. The average Bonchev–Trinajstić information content (AvgIpc) is 2.61. The second kappa shape index (κ2) is 7.21. The predicted molar refractivity (Wildman–Crippen MR) is 97.6 cm³/mol. The highest BCUT2D eigenvalue weighted by Crippen LogP contribution is 2.30. The number of aromatic nitrogens is 1. The highest BCUT2D eigenvalue weighted by Gasteiger charge is 2.19. The zero-order valence-electron chi connectivity index (χ0n) is 13.3. The third-order valence-corrected chi connectivity index (χ3v) is 4.14. The summed E-state index contributed by atoms with van der Waals surface area (Å²) < 4.78 is 5.04. The van der Waals surface area contributed by atoms with Gasteiger partial charge in [-0.3, -0.25) is 4.79 Å². The fourth-order valence-electron chi connectivity index (χ4n) is 2.55. The van der Waals surface area contributed by atoms with Gasteiger partial charge in [-0.2, -0.15) is 0 Å². The first-order valence-electron chi connectivity index (χ1n) is 7.58. The Morgan fingerprint density at radius 2 is 1.72 bits per heavy atom. The Kier molecular flexibility index (Phi) is 5.02. The van der Waals surface area contributed by atoms with Crippen molar-refractivity contribution in [2.24, 2.45) is 0 Å². The summed E-state index contributed by atoms with van der Waals surface area (Å²) in [5.74, 6) is -0.771. The number of esters is 1. The van der Waals surface area contributed by atoms with Crippen LogP contribution in [-0.2, 0) is 4.74 Å². The zero-order valence-corrected chi connectivity index (χ0v) is 14.8. The first-order valence-corrected chi connectivity index (χ1v) is 8.33. The minimum absolute atomic E-state index is 0.121. The highest BCUT2D eigenvalue weighted by atomic mass is 35.5. The molecule has 2 aromatic carbocycles. The van der Waals surface area contributed by atoms with E-state index in [1.165, 1.54) is 6.07 Å². The van der Waals surface area contributed by atoms with E-state index in [2.05, 4.69) is 4.98 Å². The predicted octanol–water partition coefficient (Wildman–Crippen LogP) is 4.95. The molecule has 1 aromatic heterocycles. The van der Waals surface area contributed by atoms with Gasteiger partial charge in [0, 0.05) is 16.5 Å². The van der Waals surface area contributed by atoms with E-state index in [4.69, 9.17) is 27.9 Å². The molecule has 126 valence electrons. The molecule has 0 aliphatic carbocycles. The van der Waals surface area contributed by atoms with E-state index in [9.17, 15) is 9.59 Å². The number of carbonyl (C=O) groups excluding carboxylic acids is 2. The van der Waals surface area contributed by atoms with Gasteiger partial charge in [-0.15, -0.1) is 0 Å². The maximum atomic E-state index is 13.0. The Hall–Kier alpha value is -2.43. The summed E-state index contributed by atoms with van der Waals surface area (Å²) in [5, 5.41) is 1.29. The number of pyridine rings is 1. The largest absolute Gasteiger partial charge is 0.462 e. The number of benzene rings is 2. The van der Waals surface area contributed by atoms with E-state index in [0.717, 1.165) is 0 Å². The third-order valence-electron chi connectivity index (χ3n) is 3.66. The van der Waals surface area contributed by atoms with Gasteiger partial charge in [-0.25, -0.2) is 9.78 Å². The number of hydrogen-bond donors (Lipinski definition) is 0. The molecule has 0 fully saturated rings. The van der Waals surface area contributed by atoms with Crippen molar-refractivity contribution in [2.45, 2.75) is 6.92 Å². The van der Waals surface area contributed by atoms with Crippen LogP contribution < -0.4 is 0 Å². The molecule has 25 heavy (non-hydrogen) atoms. The van der Waals surface area contributed by atoms with Crippen LogP contribution in [0.25, 0.3) is 10.8 Å². The van der Waals surface area contributed by atoms with Gasteiger partial charge >= 0.3 is 5.97 Å². The Morgan fingerprint density at radius 3 is 2.40 bits per heavy atom. The topological polar surface area (TPSA) is 56.3 Å². The van der Waals surface area contributed by atoms with Crippen molar-refractivity contribution in [3.63, 3.8) is 0 Å². The Labute approximate surface area is 154 Å². The van der Waals surface area contributed by atoms with Crippen LogP contribution >= 0.6 is 23.2 Å². The lowest BCUT2D eigenvalue weighted by atomic mass is 9.96.